The molecular formula is C24H22N6O7S3. The zero-order chi connectivity index (χ0) is 28.8. The van der Waals surface area contributed by atoms with Gasteiger partial charge in [0.15, 0.2) is 23.6 Å². The van der Waals surface area contributed by atoms with E-state index >= 15 is 0 Å². The minimum absolute atomic E-state index is 0.0263. The lowest BCUT2D eigenvalue weighted by Crippen LogP contribution is -2.71. The number of thiophene rings is 1. The van der Waals surface area contributed by atoms with E-state index in [1.54, 1.807) is 11.3 Å². The molecule has 13 nitrogen and oxygen atoms in total. The van der Waals surface area contributed by atoms with Crippen molar-refractivity contribution in [1.29, 1.82) is 0 Å². The van der Waals surface area contributed by atoms with E-state index in [1.165, 1.54) is 31.0 Å². The van der Waals surface area contributed by atoms with Gasteiger partial charge >= 0.3 is 5.97 Å². The van der Waals surface area contributed by atoms with Crippen LogP contribution in [0.1, 0.15) is 19.5 Å². The standard InChI is InChI=1S/C24H22N6O7S3/c1-24(2,22(35)36)37-28-15(12-10-40-23(25)26-12)18(31)27-16-19(32)30-17(21(33)34)11(9-39-20(16)30)8-29-6-3-4-14-13(29)5-7-38-14/h3-7,10,16,20H,8-9H2,1-2H3,(H4-,25,26,27,31,33,34,35,36)/t16?,20-/m1/s1. The second-order valence-corrected chi connectivity index (χ2v) is 12.3. The number of nitrogens with two attached hydrogens (primary N) is 1. The van der Waals surface area contributed by atoms with Crippen LogP contribution in [0, 0.1) is 0 Å². The molecule has 1 fully saturated rings. The van der Waals surface area contributed by atoms with E-state index in [0.717, 1.165) is 26.5 Å². The highest BCUT2D eigenvalue weighted by molar-refractivity contribution is 8.00. The van der Waals surface area contributed by atoms with Crippen molar-refractivity contribution in [3.63, 3.8) is 0 Å². The average molecular weight is 603 g/mol. The minimum atomic E-state index is -1.76. The minimum Gasteiger partial charge on any atom is -0.543 e. The Kier molecular flexibility index (Phi) is 7.24. The second kappa shape index (κ2) is 10.5. The van der Waals surface area contributed by atoms with Crippen LogP contribution in [0.25, 0.3) is 10.2 Å². The number of carboxylic acids is 2. The Morgan fingerprint density at radius 2 is 2.12 bits per heavy atom. The number of carboxylic acid groups (broad SMARTS) is 2. The maximum Gasteiger partial charge on any atom is 0.350 e. The number of carbonyl (C=O) groups excluding carboxylic acids is 3. The van der Waals surface area contributed by atoms with Gasteiger partial charge in [-0.05, 0) is 25.3 Å². The number of amides is 2. The van der Waals surface area contributed by atoms with Gasteiger partial charge in [0.05, 0.1) is 16.4 Å². The van der Waals surface area contributed by atoms with Gasteiger partial charge in [0, 0.05) is 28.8 Å². The van der Waals surface area contributed by atoms with Crippen molar-refractivity contribution in [1.82, 2.24) is 15.2 Å². The van der Waals surface area contributed by atoms with Crippen molar-refractivity contribution >= 4 is 79.2 Å². The van der Waals surface area contributed by atoms with E-state index in [9.17, 15) is 29.4 Å². The first-order valence-electron chi connectivity index (χ1n) is 11.7. The number of rotatable bonds is 9. The molecule has 1 unspecified atom stereocenters. The van der Waals surface area contributed by atoms with Crippen molar-refractivity contribution in [3.05, 3.63) is 52.1 Å². The SMILES string of the molecule is CC(C)(ON=C(C(=O)NC1C(=O)N2C(C(=O)[O-])=C(C[n+]3cccc4sccc43)CS[C@H]12)c1csc(N)n1)C(=O)O. The van der Waals surface area contributed by atoms with E-state index < -0.39 is 40.8 Å². The molecule has 5 rings (SSSR count). The molecule has 3 aromatic rings. The molecule has 16 heteroatoms. The van der Waals surface area contributed by atoms with Crippen molar-refractivity contribution < 1.29 is 38.8 Å². The number of hydrogen-bond acceptors (Lipinski definition) is 12. The monoisotopic (exact) mass is 602 g/mol. The van der Waals surface area contributed by atoms with Gasteiger partial charge in [-0.3, -0.25) is 14.5 Å². The van der Waals surface area contributed by atoms with Crippen LogP contribution in [-0.2, 0) is 30.6 Å². The third-order valence-electron chi connectivity index (χ3n) is 6.24. The summed E-state index contributed by atoms with van der Waals surface area (Å²) >= 11 is 3.90. The number of aliphatic carboxylic acids is 2. The van der Waals surface area contributed by atoms with E-state index in [4.69, 9.17) is 10.6 Å². The van der Waals surface area contributed by atoms with E-state index in [1.807, 2.05) is 34.3 Å². The largest absolute Gasteiger partial charge is 0.543 e. The number of thioether (sulfide) groups is 1. The van der Waals surface area contributed by atoms with E-state index in [-0.39, 0.29) is 34.5 Å². The summed E-state index contributed by atoms with van der Waals surface area (Å²) in [6, 6.07) is 4.70. The Labute approximate surface area is 238 Å². The first-order valence-corrected chi connectivity index (χ1v) is 14.5. The molecule has 2 atom stereocenters. The van der Waals surface area contributed by atoms with Crippen LogP contribution >= 0.6 is 34.4 Å². The van der Waals surface area contributed by atoms with Crippen molar-refractivity contribution in [2.45, 2.75) is 37.4 Å². The molecule has 2 aliphatic heterocycles. The number of carbonyl (C=O) groups is 4. The number of aromatic nitrogens is 2. The first-order chi connectivity index (χ1) is 19.0. The number of hydrogen-bond donors (Lipinski definition) is 3. The topological polar surface area (TPSA) is 191 Å². The summed E-state index contributed by atoms with van der Waals surface area (Å²) in [5.74, 6) is -4.01. The van der Waals surface area contributed by atoms with Crippen LogP contribution in [0.15, 0.2) is 51.6 Å². The predicted molar refractivity (Wildman–Crippen MR) is 145 cm³/mol. The number of pyridine rings is 1. The summed E-state index contributed by atoms with van der Waals surface area (Å²) in [4.78, 5) is 60.2. The molecule has 0 radical (unpaired) electrons. The molecule has 208 valence electrons. The Balaban J connectivity index is 1.38. The predicted octanol–water partition coefficient (Wildman–Crippen LogP) is -0.0845. The Morgan fingerprint density at radius 3 is 2.80 bits per heavy atom. The summed E-state index contributed by atoms with van der Waals surface area (Å²) in [6.45, 7) is 2.74. The number of nitrogen functional groups attached to an aromatic ring is 1. The van der Waals surface area contributed by atoms with Crippen LogP contribution < -0.4 is 20.7 Å². The maximum atomic E-state index is 13.2. The normalized spacial score (nSPS) is 19.3. The molecule has 5 heterocycles. The smallest absolute Gasteiger partial charge is 0.350 e. The van der Waals surface area contributed by atoms with Crippen LogP contribution in [0.3, 0.4) is 0 Å². The summed E-state index contributed by atoms with van der Waals surface area (Å²) in [5, 5.41) is 30.6. The number of thiazole rings is 1. The number of fused-ring (bicyclic) bond motifs is 2. The molecule has 4 N–H and O–H groups in total. The maximum absolute atomic E-state index is 13.2. The van der Waals surface area contributed by atoms with Gasteiger partial charge in [-0.15, -0.1) is 34.4 Å². The lowest BCUT2D eigenvalue weighted by atomic mass is 10.0. The van der Waals surface area contributed by atoms with Crippen molar-refractivity contribution in [2.75, 3.05) is 11.5 Å². The number of oxime groups is 1. The van der Waals surface area contributed by atoms with Gasteiger partial charge in [0.25, 0.3) is 11.8 Å². The van der Waals surface area contributed by atoms with E-state index in [2.05, 4.69) is 15.5 Å². The molecule has 2 aliphatic rings. The third-order valence-corrected chi connectivity index (χ3v) is 9.13. The molecule has 0 saturated carbocycles. The number of β-lactam (4-membered cyclic amide) rings is 1. The van der Waals surface area contributed by atoms with Crippen molar-refractivity contribution in [2.24, 2.45) is 5.16 Å². The summed E-state index contributed by atoms with van der Waals surface area (Å²) in [7, 11) is 0. The van der Waals surface area contributed by atoms with Gasteiger partial charge in [-0.1, -0.05) is 5.16 Å². The van der Waals surface area contributed by atoms with E-state index in [0.29, 0.717) is 5.57 Å². The fraction of sp³-hybridized carbons (Fsp3) is 0.292. The Bertz CT molecular complexity index is 1610. The quantitative estimate of drug-likeness (QED) is 0.129. The highest BCUT2D eigenvalue weighted by Crippen LogP contribution is 2.40. The van der Waals surface area contributed by atoms with Crippen LogP contribution in [-0.4, -0.2) is 67.2 Å². The molecule has 0 spiro atoms. The van der Waals surface area contributed by atoms with Crippen LogP contribution in [0.2, 0.25) is 0 Å². The highest BCUT2D eigenvalue weighted by Gasteiger charge is 2.53. The van der Waals surface area contributed by atoms with Gasteiger partial charge in [-0.25, -0.2) is 9.78 Å². The Morgan fingerprint density at radius 1 is 1.35 bits per heavy atom. The van der Waals surface area contributed by atoms with Gasteiger partial charge in [0.1, 0.15) is 17.1 Å². The third kappa shape index (κ3) is 5.00. The van der Waals surface area contributed by atoms with Gasteiger partial charge < -0.3 is 30.9 Å². The van der Waals surface area contributed by atoms with Crippen LogP contribution in [0.4, 0.5) is 5.13 Å². The Hall–Kier alpha value is -4.02. The summed E-state index contributed by atoms with van der Waals surface area (Å²) in [5.41, 5.74) is 4.80. The summed E-state index contributed by atoms with van der Waals surface area (Å²) < 4.78 is 2.95. The van der Waals surface area contributed by atoms with Crippen LogP contribution in [0.5, 0.6) is 0 Å². The fourth-order valence-electron chi connectivity index (χ4n) is 4.14. The zero-order valence-electron chi connectivity index (χ0n) is 21.0. The molecule has 0 aromatic carbocycles. The molecule has 0 bridgehead atoms. The molecule has 0 aliphatic carbocycles. The molecular weight excluding hydrogens is 581 g/mol. The molecule has 1 saturated heterocycles. The fourth-order valence-corrected chi connectivity index (χ4v) is 6.83. The first kappa shape index (κ1) is 27.5. The van der Waals surface area contributed by atoms with Gasteiger partial charge in [0.2, 0.25) is 11.1 Å². The second-order valence-electron chi connectivity index (χ2n) is 9.32. The highest BCUT2D eigenvalue weighted by atomic mass is 32.2. The van der Waals surface area contributed by atoms with Gasteiger partial charge in [-0.2, -0.15) is 4.57 Å². The number of nitrogens with one attached hydrogen (secondary N) is 1. The average Bonchev–Trinajstić information content (AvgIpc) is 3.56. The lowest BCUT2D eigenvalue weighted by Gasteiger charge is -2.50. The zero-order valence-corrected chi connectivity index (χ0v) is 23.5. The lowest BCUT2D eigenvalue weighted by molar-refractivity contribution is -0.663. The summed E-state index contributed by atoms with van der Waals surface area (Å²) in [6.07, 6.45) is 1.84. The number of anilines is 1. The molecule has 3 aromatic heterocycles. The number of nitrogens with zero attached hydrogens (tertiary/aromatic N) is 4. The molecule has 40 heavy (non-hydrogen) atoms. The van der Waals surface area contributed by atoms with Crippen molar-refractivity contribution in [3.8, 4) is 0 Å². The molecule has 2 amide bonds.